The van der Waals surface area contributed by atoms with Gasteiger partial charge in [0.05, 0.1) is 7.11 Å². The van der Waals surface area contributed by atoms with Crippen molar-refractivity contribution in [3.8, 4) is 0 Å². The number of nitrogens with one attached hydrogen (secondary N) is 1. The Morgan fingerprint density at radius 1 is 1.14 bits per heavy atom. The van der Waals surface area contributed by atoms with Gasteiger partial charge in [-0.2, -0.15) is 0 Å². The van der Waals surface area contributed by atoms with Crippen molar-refractivity contribution in [3.05, 3.63) is 23.4 Å². The average molecular weight is 197 g/mol. The summed E-state index contributed by atoms with van der Waals surface area (Å²) in [6.45, 7) is 5.11. The third kappa shape index (κ3) is 5.13. The van der Waals surface area contributed by atoms with Crippen LogP contribution in [0.2, 0.25) is 0 Å². The molecule has 0 unspecified atom stereocenters. The number of carbonyl (C=O) groups excluding carboxylic acids is 2. The van der Waals surface area contributed by atoms with E-state index in [0.717, 1.165) is 5.57 Å². The van der Waals surface area contributed by atoms with Crippen LogP contribution in [0, 0.1) is 0 Å². The zero-order valence-corrected chi connectivity index (χ0v) is 8.88. The number of rotatable bonds is 3. The Morgan fingerprint density at radius 2 is 1.71 bits per heavy atom. The zero-order chi connectivity index (χ0) is 11.1. The number of carbonyl (C=O) groups is 2. The smallest absolute Gasteiger partial charge is 0.354 e. The van der Waals surface area contributed by atoms with E-state index in [1.165, 1.54) is 20.1 Å². The first-order chi connectivity index (χ1) is 6.47. The van der Waals surface area contributed by atoms with E-state index in [1.54, 1.807) is 6.08 Å². The average Bonchev–Trinajstić information content (AvgIpc) is 2.10. The lowest BCUT2D eigenvalue weighted by Crippen LogP contribution is -2.25. The summed E-state index contributed by atoms with van der Waals surface area (Å²) in [5, 5.41) is 2.39. The van der Waals surface area contributed by atoms with Crippen LogP contribution in [0.3, 0.4) is 0 Å². The summed E-state index contributed by atoms with van der Waals surface area (Å²) < 4.78 is 4.49. The van der Waals surface area contributed by atoms with Gasteiger partial charge in [0, 0.05) is 6.92 Å². The molecule has 0 aromatic heterocycles. The molecule has 0 aliphatic rings. The molecule has 0 aromatic rings. The first-order valence-electron chi connectivity index (χ1n) is 4.18. The van der Waals surface area contributed by atoms with Crippen molar-refractivity contribution < 1.29 is 14.3 Å². The van der Waals surface area contributed by atoms with Crippen molar-refractivity contribution in [2.75, 3.05) is 7.11 Å². The Labute approximate surface area is 83.6 Å². The van der Waals surface area contributed by atoms with Gasteiger partial charge in [0.1, 0.15) is 5.70 Å². The Hall–Kier alpha value is -1.58. The van der Waals surface area contributed by atoms with E-state index >= 15 is 0 Å². The summed E-state index contributed by atoms with van der Waals surface area (Å²) in [7, 11) is 1.26. The first kappa shape index (κ1) is 12.4. The number of esters is 1. The van der Waals surface area contributed by atoms with Crippen molar-refractivity contribution in [2.45, 2.75) is 20.8 Å². The van der Waals surface area contributed by atoms with Crippen LogP contribution in [0.25, 0.3) is 0 Å². The van der Waals surface area contributed by atoms with Crippen LogP contribution < -0.4 is 5.32 Å². The van der Waals surface area contributed by atoms with Gasteiger partial charge < -0.3 is 10.1 Å². The number of hydrogen-bond acceptors (Lipinski definition) is 3. The van der Waals surface area contributed by atoms with Gasteiger partial charge in [-0.05, 0) is 19.9 Å². The van der Waals surface area contributed by atoms with Crippen LogP contribution in [0.15, 0.2) is 23.4 Å². The molecule has 0 aromatic carbocycles. The lowest BCUT2D eigenvalue weighted by atomic mass is 10.3. The quantitative estimate of drug-likeness (QED) is 0.419. The molecule has 0 atom stereocenters. The van der Waals surface area contributed by atoms with E-state index in [4.69, 9.17) is 0 Å². The summed E-state index contributed by atoms with van der Waals surface area (Å²) in [6, 6.07) is 0. The standard InChI is InChI=1S/C10H15NO3/c1-7(2)5-6-9(10(13)14-4)11-8(3)12/h5-6H,1-4H3,(H,11,12)/b9-6-. The van der Waals surface area contributed by atoms with Gasteiger partial charge in [0.25, 0.3) is 0 Å². The van der Waals surface area contributed by atoms with Crippen LogP contribution in [0.1, 0.15) is 20.8 Å². The van der Waals surface area contributed by atoms with Crippen LogP contribution in [-0.4, -0.2) is 19.0 Å². The van der Waals surface area contributed by atoms with Crippen molar-refractivity contribution in [2.24, 2.45) is 0 Å². The molecule has 14 heavy (non-hydrogen) atoms. The normalized spacial score (nSPS) is 10.4. The summed E-state index contributed by atoms with van der Waals surface area (Å²) in [5.41, 5.74) is 1.16. The van der Waals surface area contributed by atoms with Gasteiger partial charge in [0.15, 0.2) is 0 Å². The largest absolute Gasteiger partial charge is 0.464 e. The molecule has 1 N–H and O–H groups in total. The predicted molar refractivity (Wildman–Crippen MR) is 53.3 cm³/mol. The van der Waals surface area contributed by atoms with Gasteiger partial charge in [-0.1, -0.05) is 11.6 Å². The highest BCUT2D eigenvalue weighted by Gasteiger charge is 2.09. The fourth-order valence-electron chi connectivity index (χ4n) is 0.710. The maximum absolute atomic E-state index is 11.1. The Kier molecular flexibility index (Phi) is 5.29. The number of methoxy groups -OCH3 is 1. The molecule has 4 heteroatoms. The summed E-state index contributed by atoms with van der Waals surface area (Å²) in [6.07, 6.45) is 3.24. The summed E-state index contributed by atoms with van der Waals surface area (Å²) in [4.78, 5) is 21.9. The fourth-order valence-corrected chi connectivity index (χ4v) is 0.710. The van der Waals surface area contributed by atoms with E-state index in [-0.39, 0.29) is 11.6 Å². The summed E-state index contributed by atoms with van der Waals surface area (Å²) in [5.74, 6) is -0.860. The Balaban J connectivity index is 4.71. The van der Waals surface area contributed by atoms with Gasteiger partial charge in [0.2, 0.25) is 5.91 Å². The molecule has 0 spiro atoms. The Bertz CT molecular complexity index is 286. The first-order valence-corrected chi connectivity index (χ1v) is 4.18. The second-order valence-corrected chi connectivity index (χ2v) is 3.00. The van der Waals surface area contributed by atoms with E-state index in [9.17, 15) is 9.59 Å². The van der Waals surface area contributed by atoms with Crippen molar-refractivity contribution in [1.82, 2.24) is 5.32 Å². The minimum absolute atomic E-state index is 0.140. The maximum Gasteiger partial charge on any atom is 0.354 e. The van der Waals surface area contributed by atoms with Gasteiger partial charge >= 0.3 is 5.97 Å². The molecule has 0 rings (SSSR count). The number of amides is 1. The number of ether oxygens (including phenoxy) is 1. The van der Waals surface area contributed by atoms with Gasteiger partial charge in [-0.25, -0.2) is 4.79 Å². The molecule has 0 saturated carbocycles. The van der Waals surface area contributed by atoms with Crippen molar-refractivity contribution in [3.63, 3.8) is 0 Å². The minimum atomic E-state index is -0.558. The molecule has 0 aliphatic heterocycles. The van der Waals surface area contributed by atoms with Gasteiger partial charge in [-0.15, -0.1) is 0 Å². The minimum Gasteiger partial charge on any atom is -0.464 e. The monoisotopic (exact) mass is 197 g/mol. The highest BCUT2D eigenvalue weighted by molar-refractivity contribution is 5.93. The van der Waals surface area contributed by atoms with E-state index in [2.05, 4.69) is 10.1 Å². The molecule has 4 nitrogen and oxygen atoms in total. The molecular formula is C10H15NO3. The highest BCUT2D eigenvalue weighted by Crippen LogP contribution is 1.97. The molecule has 0 heterocycles. The Morgan fingerprint density at radius 3 is 2.07 bits per heavy atom. The van der Waals surface area contributed by atoms with Crippen LogP contribution in [0.4, 0.5) is 0 Å². The van der Waals surface area contributed by atoms with E-state index in [1.807, 2.05) is 13.8 Å². The van der Waals surface area contributed by atoms with E-state index in [0.29, 0.717) is 0 Å². The topological polar surface area (TPSA) is 55.4 Å². The van der Waals surface area contributed by atoms with Gasteiger partial charge in [-0.3, -0.25) is 4.79 Å². The predicted octanol–water partition coefficient (Wildman–Crippen LogP) is 1.15. The fraction of sp³-hybridized carbons (Fsp3) is 0.400. The SMILES string of the molecule is COC(=O)/C(=C/C=C(C)C)NC(C)=O. The lowest BCUT2D eigenvalue weighted by Gasteiger charge is -2.04. The lowest BCUT2D eigenvalue weighted by molar-refractivity contribution is -0.137. The molecule has 0 bridgehead atoms. The number of allylic oxidation sites excluding steroid dienone is 3. The van der Waals surface area contributed by atoms with Crippen molar-refractivity contribution >= 4 is 11.9 Å². The molecule has 0 fully saturated rings. The maximum atomic E-state index is 11.1. The highest BCUT2D eigenvalue weighted by atomic mass is 16.5. The number of hydrogen-bond donors (Lipinski definition) is 1. The molecule has 1 amide bonds. The van der Waals surface area contributed by atoms with Crippen LogP contribution >= 0.6 is 0 Å². The summed E-state index contributed by atoms with van der Waals surface area (Å²) >= 11 is 0. The third-order valence-electron chi connectivity index (χ3n) is 1.30. The van der Waals surface area contributed by atoms with E-state index < -0.39 is 5.97 Å². The molecule has 0 aliphatic carbocycles. The third-order valence-corrected chi connectivity index (χ3v) is 1.30. The van der Waals surface area contributed by atoms with Crippen LogP contribution in [-0.2, 0) is 14.3 Å². The van der Waals surface area contributed by atoms with Crippen molar-refractivity contribution in [1.29, 1.82) is 0 Å². The second-order valence-electron chi connectivity index (χ2n) is 3.00. The molecule has 78 valence electrons. The second kappa shape index (κ2) is 5.96. The van der Waals surface area contributed by atoms with Crippen LogP contribution in [0.5, 0.6) is 0 Å². The zero-order valence-electron chi connectivity index (χ0n) is 8.88. The molecule has 0 radical (unpaired) electrons. The molecular weight excluding hydrogens is 182 g/mol. The molecule has 0 saturated heterocycles.